The summed E-state index contributed by atoms with van der Waals surface area (Å²) in [6.07, 6.45) is 4.28. The first-order chi connectivity index (χ1) is 10.5. The third kappa shape index (κ3) is 2.57. The molecule has 1 aliphatic rings. The summed E-state index contributed by atoms with van der Waals surface area (Å²) in [5.74, 6) is 1.31. The van der Waals surface area contributed by atoms with Gasteiger partial charge in [0.2, 0.25) is 10.0 Å². The standard InChI is InChI=1S/C13H18N6O2S/c1-9-17-11(6-13(14-2)18-9)12-4-3-5-19(12)22(20,21)10-7-15-16-8-10/h6-8,12H,3-5H2,1-2H3,(H,15,16)(H,14,17,18)/t12-/m1/s1. The van der Waals surface area contributed by atoms with E-state index in [0.717, 1.165) is 18.5 Å². The van der Waals surface area contributed by atoms with E-state index in [2.05, 4.69) is 25.5 Å². The minimum atomic E-state index is -3.57. The molecule has 1 saturated heterocycles. The number of nitrogens with one attached hydrogen (secondary N) is 2. The number of aryl methyl sites for hydroxylation is 1. The number of H-pyrrole nitrogens is 1. The molecule has 0 aliphatic carbocycles. The lowest BCUT2D eigenvalue weighted by Gasteiger charge is -2.23. The highest BCUT2D eigenvalue weighted by molar-refractivity contribution is 7.89. The molecule has 0 saturated carbocycles. The minimum Gasteiger partial charge on any atom is -0.373 e. The zero-order valence-corrected chi connectivity index (χ0v) is 13.3. The molecular weight excluding hydrogens is 304 g/mol. The van der Waals surface area contributed by atoms with E-state index >= 15 is 0 Å². The molecule has 3 rings (SSSR count). The van der Waals surface area contributed by atoms with Gasteiger partial charge in [0, 0.05) is 25.9 Å². The van der Waals surface area contributed by atoms with Gasteiger partial charge in [0.15, 0.2) is 0 Å². The molecular formula is C13H18N6O2S. The summed E-state index contributed by atoms with van der Waals surface area (Å²) < 4.78 is 27.0. The number of rotatable bonds is 4. The molecule has 0 bridgehead atoms. The van der Waals surface area contributed by atoms with E-state index in [0.29, 0.717) is 18.2 Å². The van der Waals surface area contributed by atoms with Crippen molar-refractivity contribution in [1.82, 2.24) is 24.5 Å². The van der Waals surface area contributed by atoms with Crippen molar-refractivity contribution >= 4 is 15.8 Å². The van der Waals surface area contributed by atoms with Crippen LogP contribution in [-0.2, 0) is 10.0 Å². The van der Waals surface area contributed by atoms with E-state index in [1.165, 1.54) is 16.7 Å². The molecule has 0 amide bonds. The van der Waals surface area contributed by atoms with Crippen LogP contribution in [0.2, 0.25) is 0 Å². The van der Waals surface area contributed by atoms with Crippen molar-refractivity contribution in [2.45, 2.75) is 30.7 Å². The fourth-order valence-corrected chi connectivity index (χ4v) is 4.30. The number of aromatic nitrogens is 4. The Morgan fingerprint density at radius 3 is 2.91 bits per heavy atom. The van der Waals surface area contributed by atoms with Crippen LogP contribution in [0.3, 0.4) is 0 Å². The average molecular weight is 322 g/mol. The van der Waals surface area contributed by atoms with Crippen LogP contribution in [0.15, 0.2) is 23.4 Å². The van der Waals surface area contributed by atoms with Crippen molar-refractivity contribution in [2.75, 3.05) is 18.9 Å². The lowest BCUT2D eigenvalue weighted by molar-refractivity contribution is 0.390. The van der Waals surface area contributed by atoms with Gasteiger partial charge in [-0.3, -0.25) is 5.10 Å². The predicted molar refractivity (Wildman–Crippen MR) is 80.8 cm³/mol. The van der Waals surface area contributed by atoms with Gasteiger partial charge in [-0.15, -0.1) is 0 Å². The van der Waals surface area contributed by atoms with Crippen LogP contribution in [0.5, 0.6) is 0 Å². The second kappa shape index (κ2) is 5.65. The summed E-state index contributed by atoms with van der Waals surface area (Å²) in [6.45, 7) is 2.28. The monoisotopic (exact) mass is 322 g/mol. The Morgan fingerprint density at radius 2 is 2.23 bits per heavy atom. The van der Waals surface area contributed by atoms with Crippen LogP contribution in [0.4, 0.5) is 5.82 Å². The molecule has 1 atom stereocenters. The smallest absolute Gasteiger partial charge is 0.246 e. The van der Waals surface area contributed by atoms with E-state index < -0.39 is 10.0 Å². The molecule has 1 aliphatic heterocycles. The quantitative estimate of drug-likeness (QED) is 0.873. The summed E-state index contributed by atoms with van der Waals surface area (Å²) in [5.41, 5.74) is 0.724. The van der Waals surface area contributed by atoms with E-state index in [1.807, 2.05) is 0 Å². The molecule has 2 aromatic heterocycles. The Labute approximate surface area is 129 Å². The number of hydrogen-bond acceptors (Lipinski definition) is 6. The largest absolute Gasteiger partial charge is 0.373 e. The molecule has 2 aromatic rings. The van der Waals surface area contributed by atoms with Crippen molar-refractivity contribution in [1.29, 1.82) is 0 Å². The molecule has 0 unspecified atom stereocenters. The van der Waals surface area contributed by atoms with Gasteiger partial charge in [0.25, 0.3) is 0 Å². The lowest BCUT2D eigenvalue weighted by atomic mass is 10.1. The van der Waals surface area contributed by atoms with E-state index in [1.54, 1.807) is 20.0 Å². The fourth-order valence-electron chi connectivity index (χ4n) is 2.73. The van der Waals surface area contributed by atoms with Crippen LogP contribution in [0, 0.1) is 6.92 Å². The first kappa shape index (κ1) is 14.9. The van der Waals surface area contributed by atoms with Crippen LogP contribution >= 0.6 is 0 Å². The first-order valence-electron chi connectivity index (χ1n) is 7.06. The Bertz CT molecular complexity index is 759. The van der Waals surface area contributed by atoms with Gasteiger partial charge in [-0.1, -0.05) is 0 Å². The van der Waals surface area contributed by atoms with Gasteiger partial charge >= 0.3 is 0 Å². The summed E-state index contributed by atoms with van der Waals surface area (Å²) in [6, 6.07) is 1.54. The molecule has 22 heavy (non-hydrogen) atoms. The average Bonchev–Trinajstić information content (AvgIpc) is 3.18. The normalized spacial score (nSPS) is 19.5. The molecule has 8 nitrogen and oxygen atoms in total. The molecule has 3 heterocycles. The first-order valence-corrected chi connectivity index (χ1v) is 8.50. The second-order valence-corrected chi connectivity index (χ2v) is 7.07. The van der Waals surface area contributed by atoms with Crippen molar-refractivity contribution in [3.05, 3.63) is 30.0 Å². The fraction of sp³-hybridized carbons (Fsp3) is 0.462. The van der Waals surface area contributed by atoms with Crippen molar-refractivity contribution in [3.8, 4) is 0 Å². The van der Waals surface area contributed by atoms with Gasteiger partial charge in [-0.05, 0) is 19.8 Å². The van der Waals surface area contributed by atoms with E-state index in [4.69, 9.17) is 0 Å². The maximum absolute atomic E-state index is 12.7. The summed E-state index contributed by atoms with van der Waals surface area (Å²) in [7, 11) is -1.79. The SMILES string of the molecule is CNc1cc([C@H]2CCCN2S(=O)(=O)c2cn[nH]c2)nc(C)n1. The van der Waals surface area contributed by atoms with Gasteiger partial charge in [0.1, 0.15) is 16.5 Å². The summed E-state index contributed by atoms with van der Waals surface area (Å²) >= 11 is 0. The van der Waals surface area contributed by atoms with Gasteiger partial charge in [-0.2, -0.15) is 9.40 Å². The predicted octanol–water partition coefficient (Wildman–Crippen LogP) is 1.08. The van der Waals surface area contributed by atoms with Crippen molar-refractivity contribution < 1.29 is 8.42 Å². The van der Waals surface area contributed by atoms with E-state index in [-0.39, 0.29) is 10.9 Å². The highest BCUT2D eigenvalue weighted by Crippen LogP contribution is 2.36. The Hall–Kier alpha value is -2.00. The molecule has 0 aromatic carbocycles. The lowest BCUT2D eigenvalue weighted by Crippen LogP contribution is -2.31. The van der Waals surface area contributed by atoms with Crippen molar-refractivity contribution in [2.24, 2.45) is 0 Å². The Balaban J connectivity index is 1.99. The van der Waals surface area contributed by atoms with E-state index in [9.17, 15) is 8.42 Å². The summed E-state index contributed by atoms with van der Waals surface area (Å²) in [5, 5.41) is 9.26. The third-order valence-corrected chi connectivity index (χ3v) is 5.61. The highest BCUT2D eigenvalue weighted by atomic mass is 32.2. The maximum atomic E-state index is 12.7. The molecule has 1 fully saturated rings. The zero-order chi connectivity index (χ0) is 15.7. The third-order valence-electron chi connectivity index (χ3n) is 3.74. The van der Waals surface area contributed by atoms with Gasteiger partial charge in [-0.25, -0.2) is 18.4 Å². The van der Waals surface area contributed by atoms with Crippen LogP contribution < -0.4 is 5.32 Å². The van der Waals surface area contributed by atoms with Crippen LogP contribution in [0.1, 0.15) is 30.4 Å². The number of anilines is 1. The van der Waals surface area contributed by atoms with Gasteiger partial charge < -0.3 is 5.32 Å². The van der Waals surface area contributed by atoms with Crippen LogP contribution in [-0.4, -0.2) is 46.5 Å². The highest BCUT2D eigenvalue weighted by Gasteiger charge is 2.37. The molecule has 9 heteroatoms. The zero-order valence-electron chi connectivity index (χ0n) is 12.4. The number of aromatic amines is 1. The Morgan fingerprint density at radius 1 is 1.41 bits per heavy atom. The number of sulfonamides is 1. The van der Waals surface area contributed by atoms with Crippen LogP contribution in [0.25, 0.3) is 0 Å². The molecule has 0 radical (unpaired) electrons. The molecule has 118 valence electrons. The van der Waals surface area contributed by atoms with Gasteiger partial charge in [0.05, 0.1) is 17.9 Å². The maximum Gasteiger partial charge on any atom is 0.246 e. The number of hydrogen-bond donors (Lipinski definition) is 2. The molecule has 2 N–H and O–H groups in total. The Kier molecular flexibility index (Phi) is 3.83. The minimum absolute atomic E-state index is 0.180. The number of nitrogens with zero attached hydrogens (tertiary/aromatic N) is 4. The second-order valence-electron chi connectivity index (χ2n) is 5.18. The topological polar surface area (TPSA) is 104 Å². The molecule has 0 spiro atoms. The summed E-state index contributed by atoms with van der Waals surface area (Å²) in [4.78, 5) is 8.86. The van der Waals surface area contributed by atoms with Crippen molar-refractivity contribution in [3.63, 3.8) is 0 Å².